The molecule has 0 heterocycles. The molecule has 0 bridgehead atoms. The number of hydrogen-bond donors (Lipinski definition) is 3. The van der Waals surface area contributed by atoms with Gasteiger partial charge in [0, 0.05) is 5.71 Å². The molecule has 0 atom stereocenters. The van der Waals surface area contributed by atoms with Gasteiger partial charge in [-0.05, 0) is 6.92 Å². The van der Waals surface area contributed by atoms with E-state index < -0.39 is 17.9 Å². The van der Waals surface area contributed by atoms with Crippen LogP contribution in [-0.2, 0) is 9.59 Å². The van der Waals surface area contributed by atoms with Crippen LogP contribution in [0.3, 0.4) is 0 Å². The zero-order chi connectivity index (χ0) is 8.31. The molecule has 0 aromatic carbocycles. The lowest BCUT2D eigenvalue weighted by atomic mass is 10.1. The van der Waals surface area contributed by atoms with Crippen LogP contribution < -0.4 is 0 Å². The predicted octanol–water partition coefficient (Wildman–Crippen LogP) is -0.189. The second-order valence-electron chi connectivity index (χ2n) is 1.79. The van der Waals surface area contributed by atoms with Crippen molar-refractivity contribution in [3.63, 3.8) is 0 Å². The molecule has 0 aliphatic carbocycles. The summed E-state index contributed by atoms with van der Waals surface area (Å²) < 4.78 is 0. The van der Waals surface area contributed by atoms with E-state index in [4.69, 9.17) is 15.6 Å². The van der Waals surface area contributed by atoms with Crippen molar-refractivity contribution >= 4 is 17.7 Å². The Kier molecular flexibility index (Phi) is 2.54. The zero-order valence-electron chi connectivity index (χ0n) is 5.29. The summed E-state index contributed by atoms with van der Waals surface area (Å²) in [5, 5.41) is 23.1. The molecule has 0 fully saturated rings. The Hall–Kier alpha value is -1.39. The highest BCUT2D eigenvalue weighted by Crippen LogP contribution is 1.97. The van der Waals surface area contributed by atoms with Crippen molar-refractivity contribution in [2.24, 2.45) is 5.92 Å². The predicted molar refractivity (Wildman–Crippen MR) is 32.2 cm³/mol. The van der Waals surface area contributed by atoms with Gasteiger partial charge in [-0.2, -0.15) is 0 Å². The number of aliphatic carboxylic acids is 2. The number of carboxylic acids is 2. The summed E-state index contributed by atoms with van der Waals surface area (Å²) in [5.41, 5.74) is -0.375. The molecule has 0 saturated carbocycles. The van der Waals surface area contributed by atoms with Gasteiger partial charge in [0.05, 0.1) is 0 Å². The van der Waals surface area contributed by atoms with Crippen LogP contribution in [0.2, 0.25) is 0 Å². The minimum atomic E-state index is -1.69. The first-order valence-electron chi connectivity index (χ1n) is 2.47. The molecule has 0 saturated heterocycles. The van der Waals surface area contributed by atoms with Gasteiger partial charge >= 0.3 is 11.9 Å². The van der Waals surface area contributed by atoms with E-state index in [2.05, 4.69) is 0 Å². The van der Waals surface area contributed by atoms with Gasteiger partial charge < -0.3 is 15.6 Å². The smallest absolute Gasteiger partial charge is 0.323 e. The third kappa shape index (κ3) is 1.85. The lowest BCUT2D eigenvalue weighted by Crippen LogP contribution is -2.29. The Balaban J connectivity index is 4.43. The van der Waals surface area contributed by atoms with Gasteiger partial charge in [-0.15, -0.1) is 0 Å². The zero-order valence-corrected chi connectivity index (χ0v) is 5.29. The summed E-state index contributed by atoms with van der Waals surface area (Å²) >= 11 is 0. The van der Waals surface area contributed by atoms with Crippen molar-refractivity contribution in [3.05, 3.63) is 0 Å². The highest BCUT2D eigenvalue weighted by atomic mass is 16.4. The van der Waals surface area contributed by atoms with E-state index >= 15 is 0 Å². The molecule has 0 aliphatic rings. The number of rotatable bonds is 3. The number of nitrogens with one attached hydrogen (secondary N) is 1. The molecule has 3 N–H and O–H groups in total. The molecule has 0 amide bonds. The molecule has 0 aliphatic heterocycles. The van der Waals surface area contributed by atoms with Crippen molar-refractivity contribution in [1.29, 1.82) is 5.41 Å². The maximum Gasteiger partial charge on any atom is 0.323 e. The number of hydrogen-bond acceptors (Lipinski definition) is 3. The Labute approximate surface area is 56.8 Å². The Bertz CT molecular complexity index is 153. The monoisotopic (exact) mass is 145 g/mol. The molecular formula is C5H7NO4. The summed E-state index contributed by atoms with van der Waals surface area (Å²) in [6.07, 6.45) is 0. The molecule has 5 heteroatoms. The average Bonchev–Trinajstić information content (AvgIpc) is 1.59. The van der Waals surface area contributed by atoms with E-state index in [1.165, 1.54) is 0 Å². The second-order valence-corrected chi connectivity index (χ2v) is 1.79. The van der Waals surface area contributed by atoms with Gasteiger partial charge in [0.2, 0.25) is 0 Å². The minimum absolute atomic E-state index is 0.375. The van der Waals surface area contributed by atoms with Crippen molar-refractivity contribution in [2.75, 3.05) is 0 Å². The summed E-state index contributed by atoms with van der Waals surface area (Å²) in [7, 11) is 0. The van der Waals surface area contributed by atoms with Gasteiger partial charge in [0.1, 0.15) is 0 Å². The molecule has 0 rings (SSSR count). The maximum atomic E-state index is 10.1. The molecule has 5 nitrogen and oxygen atoms in total. The van der Waals surface area contributed by atoms with Gasteiger partial charge in [-0.3, -0.25) is 9.59 Å². The molecule has 10 heavy (non-hydrogen) atoms. The van der Waals surface area contributed by atoms with E-state index in [1.807, 2.05) is 0 Å². The first-order chi connectivity index (χ1) is 4.46. The van der Waals surface area contributed by atoms with E-state index in [1.54, 1.807) is 0 Å². The van der Waals surface area contributed by atoms with Crippen LogP contribution in [0.15, 0.2) is 0 Å². The number of carboxylic acid groups (broad SMARTS) is 2. The van der Waals surface area contributed by atoms with Crippen molar-refractivity contribution < 1.29 is 19.8 Å². The van der Waals surface area contributed by atoms with Crippen LogP contribution in [-0.4, -0.2) is 27.9 Å². The highest BCUT2D eigenvalue weighted by Gasteiger charge is 2.27. The van der Waals surface area contributed by atoms with E-state index in [0.717, 1.165) is 6.92 Å². The topological polar surface area (TPSA) is 98.5 Å². The molecule has 0 unspecified atom stereocenters. The van der Waals surface area contributed by atoms with Gasteiger partial charge in [-0.1, -0.05) is 0 Å². The normalized spacial score (nSPS) is 9.40. The largest absolute Gasteiger partial charge is 0.480 e. The van der Waals surface area contributed by atoms with Crippen LogP contribution in [0.1, 0.15) is 6.92 Å². The van der Waals surface area contributed by atoms with Gasteiger partial charge in [0.15, 0.2) is 5.92 Å². The fraction of sp³-hybridized carbons (Fsp3) is 0.400. The van der Waals surface area contributed by atoms with Crippen LogP contribution in [0, 0.1) is 11.3 Å². The molecular weight excluding hydrogens is 138 g/mol. The van der Waals surface area contributed by atoms with E-state index in [0.29, 0.717) is 0 Å². The van der Waals surface area contributed by atoms with Crippen LogP contribution in [0.5, 0.6) is 0 Å². The summed E-state index contributed by atoms with van der Waals surface area (Å²) in [5.74, 6) is -4.69. The fourth-order valence-corrected chi connectivity index (χ4v) is 0.476. The highest BCUT2D eigenvalue weighted by molar-refractivity contribution is 6.14. The summed E-state index contributed by atoms with van der Waals surface area (Å²) in [6.45, 7) is 1.15. The first-order valence-corrected chi connectivity index (χ1v) is 2.47. The van der Waals surface area contributed by atoms with Crippen LogP contribution >= 0.6 is 0 Å². The lowest BCUT2D eigenvalue weighted by Gasteiger charge is -2.02. The summed E-state index contributed by atoms with van der Waals surface area (Å²) in [4.78, 5) is 20.1. The Morgan fingerprint density at radius 3 is 1.60 bits per heavy atom. The average molecular weight is 145 g/mol. The molecule has 0 aromatic heterocycles. The second kappa shape index (κ2) is 2.95. The fourth-order valence-electron chi connectivity index (χ4n) is 0.476. The van der Waals surface area contributed by atoms with Crippen molar-refractivity contribution in [3.8, 4) is 0 Å². The van der Waals surface area contributed by atoms with Crippen molar-refractivity contribution in [2.45, 2.75) is 6.92 Å². The Morgan fingerprint density at radius 1 is 1.30 bits per heavy atom. The molecule has 0 spiro atoms. The third-order valence-corrected chi connectivity index (χ3v) is 0.927. The van der Waals surface area contributed by atoms with Crippen LogP contribution in [0.4, 0.5) is 0 Å². The van der Waals surface area contributed by atoms with Gasteiger partial charge in [-0.25, -0.2) is 0 Å². The van der Waals surface area contributed by atoms with E-state index in [-0.39, 0.29) is 5.71 Å². The van der Waals surface area contributed by atoms with Crippen LogP contribution in [0.25, 0.3) is 0 Å². The molecule has 0 aromatic rings. The first kappa shape index (κ1) is 8.61. The quantitative estimate of drug-likeness (QED) is 0.378. The SMILES string of the molecule is CC(=N)C(C(=O)O)C(=O)O. The third-order valence-electron chi connectivity index (χ3n) is 0.927. The van der Waals surface area contributed by atoms with Gasteiger partial charge in [0.25, 0.3) is 0 Å². The standard InChI is InChI=1S/C5H7NO4/c1-2(6)3(4(7)8)5(9)10/h3,6H,1H3,(H,7,8)(H,9,10). The van der Waals surface area contributed by atoms with Crippen molar-refractivity contribution in [1.82, 2.24) is 0 Å². The molecule has 0 radical (unpaired) electrons. The Morgan fingerprint density at radius 2 is 1.60 bits per heavy atom. The summed E-state index contributed by atoms with van der Waals surface area (Å²) in [6, 6.07) is 0. The maximum absolute atomic E-state index is 10.1. The minimum Gasteiger partial charge on any atom is -0.480 e. The lowest BCUT2D eigenvalue weighted by molar-refractivity contribution is -0.150. The van der Waals surface area contributed by atoms with E-state index in [9.17, 15) is 9.59 Å². The number of carbonyl (C=O) groups is 2. The molecule has 56 valence electrons.